The zero-order valence-corrected chi connectivity index (χ0v) is 16.0. The number of sulfonamides is 1. The fraction of sp³-hybridized carbons (Fsp3) is 0. The zero-order valence-electron chi connectivity index (χ0n) is 13.7. The molecule has 0 saturated heterocycles. The first-order chi connectivity index (χ1) is 13.1. The molecule has 0 bridgehead atoms. The van der Waals surface area contributed by atoms with E-state index in [2.05, 4.69) is 20.6 Å². The van der Waals surface area contributed by atoms with Crippen LogP contribution in [0.5, 0.6) is 0 Å². The molecule has 2 aromatic heterocycles. The number of halogens is 1. The molecule has 0 atom stereocenters. The number of nitrogens with zero attached hydrogens (tertiary/aromatic N) is 4. The number of hydrogen-bond acceptors (Lipinski definition) is 6. The maximum absolute atomic E-state index is 13.3. The van der Waals surface area contributed by atoms with Gasteiger partial charge in [-0.3, -0.25) is 0 Å². The van der Waals surface area contributed by atoms with Crippen LogP contribution in [0.1, 0.15) is 0 Å². The molecule has 0 amide bonds. The van der Waals surface area contributed by atoms with E-state index in [4.69, 9.17) is 11.6 Å². The molecule has 2 heterocycles. The highest BCUT2D eigenvalue weighted by molar-refractivity contribution is 7.95. The molecule has 4 aromatic rings. The second-order valence-electron chi connectivity index (χ2n) is 5.47. The molecule has 4 rings (SSSR count). The first-order valence-electron chi connectivity index (χ1n) is 7.74. The molecular weight excluding hydrogens is 406 g/mol. The summed E-state index contributed by atoms with van der Waals surface area (Å²) >= 11 is 7.26. The number of H-pyrrole nitrogens is 1. The van der Waals surface area contributed by atoms with E-state index in [1.807, 2.05) is 0 Å². The smallest absolute Gasteiger partial charge is 0.234 e. The lowest BCUT2D eigenvalue weighted by atomic mass is 10.2. The minimum absolute atomic E-state index is 0.229. The third-order valence-electron chi connectivity index (χ3n) is 3.72. The zero-order chi connectivity index (χ0) is 18.9. The third kappa shape index (κ3) is 3.44. The summed E-state index contributed by atoms with van der Waals surface area (Å²) in [6.45, 7) is 0. The van der Waals surface area contributed by atoms with Gasteiger partial charge in [-0.25, -0.2) is 4.31 Å². The maximum Gasteiger partial charge on any atom is 0.278 e. The van der Waals surface area contributed by atoms with Gasteiger partial charge in [-0.2, -0.15) is 13.6 Å². The van der Waals surface area contributed by atoms with Gasteiger partial charge in [0, 0.05) is 10.6 Å². The van der Waals surface area contributed by atoms with Crippen LogP contribution < -0.4 is 4.31 Å². The molecule has 0 saturated carbocycles. The van der Waals surface area contributed by atoms with Crippen LogP contribution in [0, 0.1) is 0 Å². The Hall–Kier alpha value is -2.75. The minimum Gasteiger partial charge on any atom is -0.234 e. The van der Waals surface area contributed by atoms with Gasteiger partial charge in [-0.05, 0) is 47.0 Å². The van der Waals surface area contributed by atoms with Gasteiger partial charge in [0.1, 0.15) is 4.21 Å². The van der Waals surface area contributed by atoms with E-state index in [0.717, 1.165) is 11.3 Å². The predicted octanol–water partition coefficient (Wildman–Crippen LogP) is 4.11. The van der Waals surface area contributed by atoms with Crippen molar-refractivity contribution in [3.05, 3.63) is 71.1 Å². The van der Waals surface area contributed by atoms with Gasteiger partial charge in [-0.1, -0.05) is 35.9 Å². The second-order valence-corrected chi connectivity index (χ2v) is 8.86. The number of thiophene rings is 1. The number of hydrogen-bond donors (Lipinski definition) is 1. The number of nitrogens with one attached hydrogen (secondary N) is 1. The Labute approximate surface area is 164 Å². The fourth-order valence-corrected chi connectivity index (χ4v) is 5.31. The Kier molecular flexibility index (Phi) is 4.65. The summed E-state index contributed by atoms with van der Waals surface area (Å²) in [6, 6.07) is 16.9. The summed E-state index contributed by atoms with van der Waals surface area (Å²) in [7, 11) is -3.84. The van der Waals surface area contributed by atoms with Crippen LogP contribution in [-0.2, 0) is 10.0 Å². The van der Waals surface area contributed by atoms with Crippen molar-refractivity contribution >= 4 is 44.3 Å². The Morgan fingerprint density at radius 3 is 2.44 bits per heavy atom. The van der Waals surface area contributed by atoms with E-state index >= 15 is 0 Å². The molecule has 0 spiro atoms. The Morgan fingerprint density at radius 2 is 1.78 bits per heavy atom. The number of anilines is 2. The van der Waals surface area contributed by atoms with Crippen LogP contribution in [0.25, 0.3) is 11.4 Å². The molecule has 1 N–H and O–H groups in total. The van der Waals surface area contributed by atoms with Crippen LogP contribution in [0.2, 0.25) is 5.02 Å². The summed E-state index contributed by atoms with van der Waals surface area (Å²) in [5.74, 6) is 0.372. The molecule has 0 unspecified atom stereocenters. The summed E-state index contributed by atoms with van der Waals surface area (Å²) < 4.78 is 28.2. The summed E-state index contributed by atoms with van der Waals surface area (Å²) in [6.07, 6.45) is 0. The van der Waals surface area contributed by atoms with Crippen LogP contribution >= 0.6 is 22.9 Å². The molecule has 27 heavy (non-hydrogen) atoms. The summed E-state index contributed by atoms with van der Waals surface area (Å²) in [4.78, 5) is 0. The SMILES string of the molecule is O=S(=O)(c1cccs1)N(c1cccc(Cl)c1)c1cccc(-c2nn[nH]n2)c1. The lowest BCUT2D eigenvalue weighted by molar-refractivity contribution is 0.598. The molecule has 136 valence electrons. The van der Waals surface area contributed by atoms with Crippen molar-refractivity contribution in [1.82, 2.24) is 20.6 Å². The third-order valence-corrected chi connectivity index (χ3v) is 7.08. The highest BCUT2D eigenvalue weighted by atomic mass is 35.5. The van der Waals surface area contributed by atoms with Gasteiger partial charge in [0.2, 0.25) is 5.82 Å². The van der Waals surface area contributed by atoms with Crippen molar-refractivity contribution in [2.24, 2.45) is 0 Å². The van der Waals surface area contributed by atoms with Crippen molar-refractivity contribution < 1.29 is 8.42 Å². The Bertz CT molecular complexity index is 1160. The predicted molar refractivity (Wildman–Crippen MR) is 105 cm³/mol. The van der Waals surface area contributed by atoms with Crippen molar-refractivity contribution in [2.45, 2.75) is 4.21 Å². The molecular formula is C17H12ClN5O2S2. The normalized spacial score (nSPS) is 11.4. The number of aromatic amines is 1. The van der Waals surface area contributed by atoms with Gasteiger partial charge in [0.05, 0.1) is 11.4 Å². The highest BCUT2D eigenvalue weighted by Gasteiger charge is 2.28. The van der Waals surface area contributed by atoms with Crippen molar-refractivity contribution in [2.75, 3.05) is 4.31 Å². The van der Waals surface area contributed by atoms with Crippen molar-refractivity contribution in [3.63, 3.8) is 0 Å². The quantitative estimate of drug-likeness (QED) is 0.527. The van der Waals surface area contributed by atoms with E-state index in [1.165, 1.54) is 4.31 Å². The molecule has 7 nitrogen and oxygen atoms in total. The van der Waals surface area contributed by atoms with Crippen LogP contribution in [0.3, 0.4) is 0 Å². The molecule has 0 fully saturated rings. The number of rotatable bonds is 5. The van der Waals surface area contributed by atoms with Gasteiger partial charge in [0.15, 0.2) is 0 Å². The van der Waals surface area contributed by atoms with E-state index in [1.54, 1.807) is 66.0 Å². The monoisotopic (exact) mass is 417 g/mol. The lowest BCUT2D eigenvalue weighted by Crippen LogP contribution is -2.25. The first-order valence-corrected chi connectivity index (χ1v) is 10.4. The van der Waals surface area contributed by atoms with Crippen LogP contribution in [0.15, 0.2) is 70.3 Å². The first kappa shape index (κ1) is 17.7. The summed E-state index contributed by atoms with van der Waals surface area (Å²) in [5, 5.41) is 16.0. The molecule has 0 aliphatic rings. The van der Waals surface area contributed by atoms with Crippen molar-refractivity contribution in [3.8, 4) is 11.4 Å². The van der Waals surface area contributed by atoms with E-state index in [0.29, 0.717) is 27.8 Å². The van der Waals surface area contributed by atoms with Gasteiger partial charge >= 0.3 is 0 Å². The fourth-order valence-electron chi connectivity index (χ4n) is 2.58. The molecule has 0 radical (unpaired) electrons. The molecule has 0 aliphatic heterocycles. The van der Waals surface area contributed by atoms with Gasteiger partial charge < -0.3 is 0 Å². The minimum atomic E-state index is -3.84. The summed E-state index contributed by atoms with van der Waals surface area (Å²) in [5.41, 5.74) is 1.50. The Morgan fingerprint density at radius 1 is 1.00 bits per heavy atom. The second kappa shape index (κ2) is 7.10. The topological polar surface area (TPSA) is 91.8 Å². The molecule has 2 aromatic carbocycles. The Balaban J connectivity index is 1.90. The lowest BCUT2D eigenvalue weighted by Gasteiger charge is -2.24. The number of aromatic nitrogens is 4. The van der Waals surface area contributed by atoms with E-state index in [9.17, 15) is 8.42 Å². The average molecular weight is 418 g/mol. The average Bonchev–Trinajstić information content (AvgIpc) is 3.36. The van der Waals surface area contributed by atoms with Gasteiger partial charge in [-0.15, -0.1) is 21.5 Å². The van der Waals surface area contributed by atoms with Crippen molar-refractivity contribution in [1.29, 1.82) is 0 Å². The number of benzene rings is 2. The van der Waals surface area contributed by atoms with E-state index in [-0.39, 0.29) is 4.21 Å². The molecule has 10 heteroatoms. The highest BCUT2D eigenvalue weighted by Crippen LogP contribution is 2.36. The standard InChI is InChI=1S/C17H12ClN5O2S2/c18-13-5-2-7-15(11-13)23(27(24,25)16-8-3-9-26-16)14-6-1-4-12(10-14)17-19-21-22-20-17/h1-11H,(H,19,20,21,22). The molecule has 0 aliphatic carbocycles. The number of tetrazole rings is 1. The van der Waals surface area contributed by atoms with Gasteiger partial charge in [0.25, 0.3) is 10.0 Å². The van der Waals surface area contributed by atoms with E-state index < -0.39 is 10.0 Å². The van der Waals surface area contributed by atoms with Crippen LogP contribution in [-0.4, -0.2) is 29.0 Å². The van der Waals surface area contributed by atoms with Crippen LogP contribution in [0.4, 0.5) is 11.4 Å². The largest absolute Gasteiger partial charge is 0.278 e. The maximum atomic E-state index is 13.3.